The Morgan fingerprint density at radius 3 is 2.12 bits per heavy atom. The number of aryl methyl sites for hydroxylation is 1. The Morgan fingerprint density at radius 2 is 1.53 bits per heavy atom. The maximum Gasteiger partial charge on any atom is 0.0849 e. The zero-order valence-corrected chi connectivity index (χ0v) is 10.3. The number of hydrogen-bond donors (Lipinski definition) is 2. The summed E-state index contributed by atoms with van der Waals surface area (Å²) in [6.07, 6.45) is 0. The normalized spacial score (nSPS) is 12.3. The predicted octanol–water partition coefficient (Wildman–Crippen LogP) is 2.33. The van der Waals surface area contributed by atoms with E-state index in [1.54, 1.807) is 36.4 Å². The largest absolute Gasteiger partial charge is 0.399 e. The van der Waals surface area contributed by atoms with E-state index in [0.717, 1.165) is 15.4 Å². The first kappa shape index (κ1) is 11.7. The van der Waals surface area contributed by atoms with Crippen molar-refractivity contribution in [1.29, 1.82) is 0 Å². The second kappa shape index (κ2) is 4.59. The Kier molecular flexibility index (Phi) is 3.15. The highest BCUT2D eigenvalue weighted by atomic mass is 32.2. The Balaban J connectivity index is 2.37. The van der Waals surface area contributed by atoms with Crippen LogP contribution in [0.4, 0.5) is 11.4 Å². The van der Waals surface area contributed by atoms with Crippen molar-refractivity contribution in [3.05, 3.63) is 48.0 Å². The van der Waals surface area contributed by atoms with E-state index in [2.05, 4.69) is 0 Å². The van der Waals surface area contributed by atoms with E-state index in [9.17, 15) is 4.21 Å². The summed E-state index contributed by atoms with van der Waals surface area (Å²) in [6, 6.07) is 12.5. The maximum absolute atomic E-state index is 12.3. The van der Waals surface area contributed by atoms with Crippen LogP contribution in [0.2, 0.25) is 0 Å². The quantitative estimate of drug-likeness (QED) is 0.799. The zero-order chi connectivity index (χ0) is 12.4. The van der Waals surface area contributed by atoms with Crippen LogP contribution in [-0.2, 0) is 10.8 Å². The van der Waals surface area contributed by atoms with Crippen molar-refractivity contribution in [2.75, 3.05) is 11.5 Å². The standard InChI is InChI=1S/C13H14N2OS/c1-9-8-12(6-7-13(9)15)17(16)11-4-2-10(14)3-5-11/h2-8H,14-15H2,1H3. The van der Waals surface area contributed by atoms with Gasteiger partial charge in [-0.25, -0.2) is 4.21 Å². The lowest BCUT2D eigenvalue weighted by molar-refractivity contribution is 0.683. The van der Waals surface area contributed by atoms with Crippen LogP contribution in [0.3, 0.4) is 0 Å². The molecule has 1 atom stereocenters. The molecule has 0 aliphatic carbocycles. The van der Waals surface area contributed by atoms with Crippen molar-refractivity contribution in [2.45, 2.75) is 16.7 Å². The molecule has 0 aliphatic rings. The highest BCUT2D eigenvalue weighted by Gasteiger charge is 2.07. The Morgan fingerprint density at radius 1 is 0.941 bits per heavy atom. The Bertz CT molecular complexity index is 564. The molecule has 88 valence electrons. The minimum absolute atomic E-state index is 0.666. The molecular formula is C13H14N2OS. The van der Waals surface area contributed by atoms with E-state index in [1.807, 2.05) is 13.0 Å². The summed E-state index contributed by atoms with van der Waals surface area (Å²) < 4.78 is 12.3. The fraction of sp³-hybridized carbons (Fsp3) is 0.0769. The molecule has 1 unspecified atom stereocenters. The Hall–Kier alpha value is -1.81. The van der Waals surface area contributed by atoms with Crippen LogP contribution in [0.5, 0.6) is 0 Å². The molecule has 2 aromatic carbocycles. The van der Waals surface area contributed by atoms with Crippen molar-refractivity contribution in [3.63, 3.8) is 0 Å². The molecule has 0 saturated heterocycles. The molecule has 0 radical (unpaired) electrons. The number of hydrogen-bond acceptors (Lipinski definition) is 3. The number of nitrogen functional groups attached to an aromatic ring is 2. The molecule has 2 rings (SSSR count). The van der Waals surface area contributed by atoms with Crippen LogP contribution >= 0.6 is 0 Å². The van der Waals surface area contributed by atoms with Gasteiger partial charge in [-0.15, -0.1) is 0 Å². The first-order valence-electron chi connectivity index (χ1n) is 5.21. The van der Waals surface area contributed by atoms with Crippen molar-refractivity contribution in [3.8, 4) is 0 Å². The van der Waals surface area contributed by atoms with Gasteiger partial charge in [-0.1, -0.05) is 0 Å². The minimum atomic E-state index is -1.18. The van der Waals surface area contributed by atoms with Gasteiger partial charge in [0.1, 0.15) is 0 Å². The molecule has 4 N–H and O–H groups in total. The SMILES string of the molecule is Cc1cc(S(=O)c2ccc(N)cc2)ccc1N. The summed E-state index contributed by atoms with van der Waals surface area (Å²) in [6.45, 7) is 1.90. The Labute approximate surface area is 103 Å². The first-order valence-corrected chi connectivity index (χ1v) is 6.36. The molecule has 0 saturated carbocycles. The van der Waals surface area contributed by atoms with E-state index in [1.165, 1.54) is 0 Å². The number of benzene rings is 2. The highest BCUT2D eigenvalue weighted by molar-refractivity contribution is 7.85. The molecular weight excluding hydrogens is 232 g/mol. The second-order valence-corrected chi connectivity index (χ2v) is 5.34. The first-order chi connectivity index (χ1) is 8.08. The third-order valence-corrected chi connectivity index (χ3v) is 3.93. The van der Waals surface area contributed by atoms with Gasteiger partial charge in [0.25, 0.3) is 0 Å². The van der Waals surface area contributed by atoms with Gasteiger partial charge in [0.2, 0.25) is 0 Å². The van der Waals surface area contributed by atoms with Gasteiger partial charge in [0.15, 0.2) is 0 Å². The number of anilines is 2. The summed E-state index contributed by atoms with van der Waals surface area (Å²) in [5, 5.41) is 0. The summed E-state index contributed by atoms with van der Waals surface area (Å²) in [4.78, 5) is 1.49. The summed E-state index contributed by atoms with van der Waals surface area (Å²) in [5.74, 6) is 0. The lowest BCUT2D eigenvalue weighted by Gasteiger charge is -2.05. The fourth-order valence-corrected chi connectivity index (χ4v) is 2.62. The minimum Gasteiger partial charge on any atom is -0.399 e. The van der Waals surface area contributed by atoms with Crippen molar-refractivity contribution < 1.29 is 4.21 Å². The molecule has 0 spiro atoms. The van der Waals surface area contributed by atoms with Gasteiger partial charge in [-0.05, 0) is 55.0 Å². The van der Waals surface area contributed by atoms with Gasteiger partial charge in [0, 0.05) is 21.2 Å². The van der Waals surface area contributed by atoms with E-state index in [0.29, 0.717) is 11.4 Å². The van der Waals surface area contributed by atoms with Gasteiger partial charge < -0.3 is 11.5 Å². The van der Waals surface area contributed by atoms with E-state index in [-0.39, 0.29) is 0 Å². The fourth-order valence-electron chi connectivity index (χ4n) is 1.49. The van der Waals surface area contributed by atoms with Crippen LogP contribution in [0.15, 0.2) is 52.3 Å². The van der Waals surface area contributed by atoms with Crippen molar-refractivity contribution >= 4 is 22.2 Å². The third kappa shape index (κ3) is 2.47. The summed E-state index contributed by atoms with van der Waals surface area (Å²) in [7, 11) is -1.18. The maximum atomic E-state index is 12.3. The molecule has 0 bridgehead atoms. The monoisotopic (exact) mass is 246 g/mol. The lowest BCUT2D eigenvalue weighted by Crippen LogP contribution is -1.96. The second-order valence-electron chi connectivity index (χ2n) is 3.86. The van der Waals surface area contributed by atoms with Gasteiger partial charge in [-0.2, -0.15) is 0 Å². The van der Waals surface area contributed by atoms with Crippen LogP contribution < -0.4 is 11.5 Å². The molecule has 0 aliphatic heterocycles. The van der Waals surface area contributed by atoms with Crippen LogP contribution in [0.25, 0.3) is 0 Å². The van der Waals surface area contributed by atoms with Gasteiger partial charge in [-0.3, -0.25) is 0 Å². The average molecular weight is 246 g/mol. The molecule has 17 heavy (non-hydrogen) atoms. The topological polar surface area (TPSA) is 69.1 Å². The van der Waals surface area contributed by atoms with E-state index in [4.69, 9.17) is 11.5 Å². The molecule has 0 aromatic heterocycles. The average Bonchev–Trinajstić information content (AvgIpc) is 2.33. The lowest BCUT2D eigenvalue weighted by atomic mass is 10.2. The molecule has 0 amide bonds. The van der Waals surface area contributed by atoms with Gasteiger partial charge in [0.05, 0.1) is 10.8 Å². The number of rotatable bonds is 2. The van der Waals surface area contributed by atoms with Crippen LogP contribution in [0, 0.1) is 6.92 Å². The smallest absolute Gasteiger partial charge is 0.0849 e. The zero-order valence-electron chi connectivity index (χ0n) is 9.51. The molecule has 2 aromatic rings. The van der Waals surface area contributed by atoms with Crippen LogP contribution in [-0.4, -0.2) is 4.21 Å². The molecule has 0 fully saturated rings. The highest BCUT2D eigenvalue weighted by Crippen LogP contribution is 2.21. The van der Waals surface area contributed by atoms with E-state index >= 15 is 0 Å². The van der Waals surface area contributed by atoms with Gasteiger partial charge >= 0.3 is 0 Å². The summed E-state index contributed by atoms with van der Waals surface area (Å²) >= 11 is 0. The molecule has 4 heteroatoms. The predicted molar refractivity (Wildman–Crippen MR) is 71.1 cm³/mol. The van der Waals surface area contributed by atoms with Crippen molar-refractivity contribution in [2.24, 2.45) is 0 Å². The molecule has 0 heterocycles. The summed E-state index contributed by atoms with van der Waals surface area (Å²) in [5.41, 5.74) is 13.6. The van der Waals surface area contributed by atoms with Crippen molar-refractivity contribution in [1.82, 2.24) is 0 Å². The van der Waals surface area contributed by atoms with Crippen LogP contribution in [0.1, 0.15) is 5.56 Å². The third-order valence-electron chi connectivity index (χ3n) is 2.55. The number of nitrogens with two attached hydrogens (primary N) is 2. The molecule has 3 nitrogen and oxygen atoms in total. The van der Waals surface area contributed by atoms with E-state index < -0.39 is 10.8 Å².